The first-order valence-corrected chi connectivity index (χ1v) is 6.32. The molecule has 1 aromatic rings. The Balaban J connectivity index is 3.35. The van der Waals surface area contributed by atoms with Gasteiger partial charge in [-0.3, -0.25) is 0 Å². The second-order valence-electron chi connectivity index (χ2n) is 3.32. The summed E-state index contributed by atoms with van der Waals surface area (Å²) in [6.07, 6.45) is 1.06. The van der Waals surface area contributed by atoms with E-state index in [0.29, 0.717) is 5.69 Å². The van der Waals surface area contributed by atoms with Crippen LogP contribution in [0, 0.1) is 0 Å². The number of aromatic nitrogens is 2. The van der Waals surface area contributed by atoms with Gasteiger partial charge in [0.2, 0.25) is 15.0 Å². The Hall–Kier alpha value is -0.680. The Kier molecular flexibility index (Phi) is 3.11. The van der Waals surface area contributed by atoms with Crippen molar-refractivity contribution in [1.29, 1.82) is 0 Å². The lowest BCUT2D eigenvalue weighted by atomic mass is 10.1. The van der Waals surface area contributed by atoms with Crippen LogP contribution in [0.3, 0.4) is 0 Å². The minimum Gasteiger partial charge on any atom is -0.223 e. The van der Waals surface area contributed by atoms with Gasteiger partial charge < -0.3 is 0 Å². The summed E-state index contributed by atoms with van der Waals surface area (Å²) in [5.74, 6) is 0.121. The van der Waals surface area contributed by atoms with Crippen molar-refractivity contribution in [2.75, 3.05) is 6.26 Å². The van der Waals surface area contributed by atoms with Crippen molar-refractivity contribution < 1.29 is 8.42 Å². The highest BCUT2D eigenvalue weighted by Gasteiger charge is 2.14. The second-order valence-corrected chi connectivity index (χ2v) is 5.62. The molecule has 0 unspecified atom stereocenters. The average molecular weight is 235 g/mol. The fraction of sp³-hybridized carbons (Fsp3) is 0.500. The van der Waals surface area contributed by atoms with Gasteiger partial charge in [-0.1, -0.05) is 25.4 Å². The molecule has 4 nitrogen and oxygen atoms in total. The zero-order valence-electron chi connectivity index (χ0n) is 8.15. The van der Waals surface area contributed by atoms with Gasteiger partial charge >= 0.3 is 0 Å². The van der Waals surface area contributed by atoms with Crippen LogP contribution >= 0.6 is 11.6 Å². The van der Waals surface area contributed by atoms with E-state index in [1.165, 1.54) is 0 Å². The maximum Gasteiger partial charge on any atom is 0.248 e. The smallest absolute Gasteiger partial charge is 0.223 e. The monoisotopic (exact) mass is 234 g/mol. The van der Waals surface area contributed by atoms with Gasteiger partial charge in [0.05, 0.1) is 0 Å². The molecule has 6 heteroatoms. The van der Waals surface area contributed by atoms with Crippen molar-refractivity contribution in [3.05, 3.63) is 16.9 Å². The summed E-state index contributed by atoms with van der Waals surface area (Å²) in [6, 6.07) is 1.57. The van der Waals surface area contributed by atoms with Gasteiger partial charge in [0, 0.05) is 11.9 Å². The Labute approximate surface area is 88.3 Å². The minimum atomic E-state index is -3.39. The van der Waals surface area contributed by atoms with E-state index in [-0.39, 0.29) is 16.2 Å². The molecule has 1 rings (SSSR count). The number of rotatable bonds is 2. The second kappa shape index (κ2) is 3.82. The summed E-state index contributed by atoms with van der Waals surface area (Å²) in [5, 5.41) is -0.0576. The van der Waals surface area contributed by atoms with Crippen LogP contribution in [-0.4, -0.2) is 24.6 Å². The van der Waals surface area contributed by atoms with Gasteiger partial charge in [0.25, 0.3) is 0 Å². The van der Waals surface area contributed by atoms with Crippen molar-refractivity contribution >= 4 is 21.4 Å². The zero-order chi connectivity index (χ0) is 10.9. The van der Waals surface area contributed by atoms with Crippen molar-refractivity contribution in [2.24, 2.45) is 0 Å². The molecule has 0 saturated carbocycles. The van der Waals surface area contributed by atoms with Crippen molar-refractivity contribution in [1.82, 2.24) is 9.97 Å². The fourth-order valence-corrected chi connectivity index (χ4v) is 1.65. The fourth-order valence-electron chi connectivity index (χ4n) is 0.875. The Bertz CT molecular complexity index is 443. The SMILES string of the molecule is CC(C)c1cc(Cl)nc(S(C)(=O)=O)n1. The predicted molar refractivity (Wildman–Crippen MR) is 54.2 cm³/mol. The molecule has 0 aromatic carbocycles. The molecule has 0 saturated heterocycles. The highest BCUT2D eigenvalue weighted by atomic mass is 35.5. The third-order valence-electron chi connectivity index (χ3n) is 1.62. The molecule has 0 bridgehead atoms. The van der Waals surface area contributed by atoms with Gasteiger partial charge in [0.15, 0.2) is 0 Å². The van der Waals surface area contributed by atoms with E-state index in [9.17, 15) is 8.42 Å². The van der Waals surface area contributed by atoms with Crippen molar-refractivity contribution in [3.8, 4) is 0 Å². The van der Waals surface area contributed by atoms with E-state index < -0.39 is 9.84 Å². The third kappa shape index (κ3) is 2.65. The largest absolute Gasteiger partial charge is 0.248 e. The molecule has 0 radical (unpaired) electrons. The topological polar surface area (TPSA) is 59.9 Å². The molecule has 0 aliphatic carbocycles. The van der Waals surface area contributed by atoms with E-state index >= 15 is 0 Å². The van der Waals surface area contributed by atoms with Crippen LogP contribution in [0.5, 0.6) is 0 Å². The van der Waals surface area contributed by atoms with Gasteiger partial charge in [-0.15, -0.1) is 0 Å². The summed E-state index contributed by atoms with van der Waals surface area (Å²) < 4.78 is 22.4. The Morgan fingerprint density at radius 1 is 1.36 bits per heavy atom. The van der Waals surface area contributed by atoms with Crippen molar-refractivity contribution in [3.63, 3.8) is 0 Å². The Morgan fingerprint density at radius 3 is 2.36 bits per heavy atom. The normalized spacial score (nSPS) is 12.1. The van der Waals surface area contributed by atoms with E-state index in [4.69, 9.17) is 11.6 Å². The standard InChI is InChI=1S/C8H11ClN2O2S/c1-5(2)6-4-7(9)11-8(10-6)14(3,12)13/h4-5H,1-3H3. The minimum absolute atomic E-state index is 0.121. The number of sulfone groups is 1. The molecule has 14 heavy (non-hydrogen) atoms. The first-order chi connectivity index (χ1) is 6.30. The molecule has 0 N–H and O–H groups in total. The average Bonchev–Trinajstić information content (AvgIpc) is 2.01. The number of nitrogens with zero attached hydrogens (tertiary/aromatic N) is 2. The van der Waals surface area contributed by atoms with Crippen LogP contribution in [0.2, 0.25) is 5.15 Å². The number of halogens is 1. The maximum atomic E-state index is 11.2. The van der Waals surface area contributed by atoms with Crippen LogP contribution in [-0.2, 0) is 9.84 Å². The number of hydrogen-bond donors (Lipinski definition) is 0. The van der Waals surface area contributed by atoms with E-state index in [2.05, 4.69) is 9.97 Å². The molecule has 1 aromatic heterocycles. The summed E-state index contributed by atoms with van der Waals surface area (Å²) in [5.41, 5.74) is 0.630. The molecular formula is C8H11ClN2O2S. The molecule has 1 heterocycles. The lowest BCUT2D eigenvalue weighted by Gasteiger charge is -2.05. The predicted octanol–water partition coefficient (Wildman–Crippen LogP) is 1.66. The molecule has 0 aliphatic rings. The molecule has 0 aliphatic heterocycles. The van der Waals surface area contributed by atoms with E-state index in [1.807, 2.05) is 13.8 Å². The van der Waals surface area contributed by atoms with Crippen LogP contribution in [0.1, 0.15) is 25.5 Å². The van der Waals surface area contributed by atoms with Gasteiger partial charge in [-0.25, -0.2) is 18.4 Å². The number of hydrogen-bond acceptors (Lipinski definition) is 4. The quantitative estimate of drug-likeness (QED) is 0.577. The van der Waals surface area contributed by atoms with Crippen LogP contribution in [0.25, 0.3) is 0 Å². The highest BCUT2D eigenvalue weighted by Crippen LogP contribution is 2.17. The van der Waals surface area contributed by atoms with Gasteiger partial charge in [-0.05, 0) is 12.0 Å². The van der Waals surface area contributed by atoms with Gasteiger partial charge in [0.1, 0.15) is 5.15 Å². The lowest BCUT2D eigenvalue weighted by Crippen LogP contribution is -2.07. The Morgan fingerprint density at radius 2 is 1.93 bits per heavy atom. The lowest BCUT2D eigenvalue weighted by molar-refractivity contribution is 0.590. The first-order valence-electron chi connectivity index (χ1n) is 4.05. The summed E-state index contributed by atoms with van der Waals surface area (Å²) >= 11 is 5.68. The van der Waals surface area contributed by atoms with Crippen LogP contribution < -0.4 is 0 Å². The van der Waals surface area contributed by atoms with Crippen LogP contribution in [0.15, 0.2) is 11.2 Å². The highest BCUT2D eigenvalue weighted by molar-refractivity contribution is 7.90. The van der Waals surface area contributed by atoms with E-state index in [0.717, 1.165) is 6.26 Å². The first kappa shape index (κ1) is 11.4. The van der Waals surface area contributed by atoms with Gasteiger partial charge in [-0.2, -0.15) is 0 Å². The summed E-state index contributed by atoms with van der Waals surface area (Å²) in [7, 11) is -3.39. The van der Waals surface area contributed by atoms with Crippen LogP contribution in [0.4, 0.5) is 0 Å². The third-order valence-corrected chi connectivity index (χ3v) is 2.66. The summed E-state index contributed by atoms with van der Waals surface area (Å²) in [4.78, 5) is 7.57. The van der Waals surface area contributed by atoms with E-state index in [1.54, 1.807) is 6.07 Å². The molecule has 0 atom stereocenters. The molecule has 0 spiro atoms. The molecule has 0 amide bonds. The summed E-state index contributed by atoms with van der Waals surface area (Å²) in [6.45, 7) is 3.81. The zero-order valence-corrected chi connectivity index (χ0v) is 9.72. The molecule has 78 valence electrons. The molecular weight excluding hydrogens is 224 g/mol. The van der Waals surface area contributed by atoms with Crippen molar-refractivity contribution in [2.45, 2.75) is 24.9 Å². The maximum absolute atomic E-state index is 11.2. The molecule has 0 fully saturated rings.